The molecule has 0 radical (unpaired) electrons. The number of fused-ring (bicyclic) bond motifs is 1. The summed E-state index contributed by atoms with van der Waals surface area (Å²) < 4.78 is 2.01. The average Bonchev–Trinajstić information content (AvgIpc) is 3.30. The lowest BCUT2D eigenvalue weighted by molar-refractivity contribution is -0.112. The summed E-state index contributed by atoms with van der Waals surface area (Å²) in [5.74, 6) is 1.44. The van der Waals surface area contributed by atoms with Gasteiger partial charge in [0, 0.05) is 67.4 Å². The van der Waals surface area contributed by atoms with Crippen LogP contribution in [0.1, 0.15) is 49.5 Å². The second kappa shape index (κ2) is 10.3. The third-order valence-corrected chi connectivity index (χ3v) is 6.78. The van der Waals surface area contributed by atoms with Crippen LogP contribution in [0.25, 0.3) is 5.52 Å². The molecule has 0 saturated carbocycles. The Labute approximate surface area is 214 Å². The Morgan fingerprint density at radius 3 is 2.84 bits per heavy atom. The number of nitrogens with one attached hydrogen (secondary N) is 2. The number of carbonyl (C=O) groups is 2. The van der Waals surface area contributed by atoms with Gasteiger partial charge >= 0.3 is 6.03 Å². The van der Waals surface area contributed by atoms with Crippen LogP contribution in [0.3, 0.4) is 0 Å². The number of rotatable bonds is 5. The molecule has 1 saturated heterocycles. The lowest BCUT2D eigenvalue weighted by Gasteiger charge is -2.32. The van der Waals surface area contributed by atoms with E-state index < -0.39 is 0 Å². The molecule has 5 rings (SSSR count). The molecule has 11 heteroatoms. The van der Waals surface area contributed by atoms with E-state index in [0.29, 0.717) is 42.4 Å². The summed E-state index contributed by atoms with van der Waals surface area (Å²) in [6.45, 7) is 3.83. The molecule has 3 aromatic heterocycles. The van der Waals surface area contributed by atoms with Crippen molar-refractivity contribution in [3.63, 3.8) is 0 Å². The standard InChI is InChI=1S/C26H31N9O2/c1-2-29-26(37)34-12-3-4-18(15-34)24-33-21(22-23(28)31-11-13-35(22)24)16-5-7-17(8-6-16)25(36)32-20-14-19(27)9-10-30-20/h5,7-11,13-14,16,18H,2-4,6,12,15H2,1H3,(H2,28,31)(H,29,37)(H3,27,30,32,36). The van der Waals surface area contributed by atoms with Crippen molar-refractivity contribution in [2.75, 3.05) is 36.4 Å². The molecule has 2 aliphatic rings. The molecule has 0 aromatic carbocycles. The molecule has 3 amide bonds. The third-order valence-electron chi connectivity index (χ3n) is 6.78. The number of imidazole rings is 1. The van der Waals surface area contributed by atoms with Crippen molar-refractivity contribution in [3.8, 4) is 0 Å². The minimum absolute atomic E-state index is 0.0472. The van der Waals surface area contributed by atoms with Crippen molar-refractivity contribution in [3.05, 3.63) is 66.0 Å². The predicted octanol–water partition coefficient (Wildman–Crippen LogP) is 2.81. The van der Waals surface area contributed by atoms with Crippen molar-refractivity contribution in [2.45, 2.75) is 38.0 Å². The fourth-order valence-electron chi connectivity index (χ4n) is 4.99. The number of hydrogen-bond donors (Lipinski definition) is 4. The first-order chi connectivity index (χ1) is 17.9. The van der Waals surface area contributed by atoms with Gasteiger partial charge in [0.15, 0.2) is 0 Å². The lowest BCUT2D eigenvalue weighted by atomic mass is 9.93. The summed E-state index contributed by atoms with van der Waals surface area (Å²) in [7, 11) is 0. The first kappa shape index (κ1) is 24.3. The Bertz CT molecular complexity index is 1390. The molecule has 6 N–H and O–H groups in total. The molecule has 2 unspecified atom stereocenters. The van der Waals surface area contributed by atoms with Crippen LogP contribution in [0.15, 0.2) is 54.5 Å². The second-order valence-electron chi connectivity index (χ2n) is 9.30. The van der Waals surface area contributed by atoms with E-state index >= 15 is 0 Å². The normalized spacial score (nSPS) is 19.5. The van der Waals surface area contributed by atoms with E-state index in [-0.39, 0.29) is 23.8 Å². The van der Waals surface area contributed by atoms with E-state index in [2.05, 4.69) is 20.6 Å². The molecule has 1 aliphatic heterocycles. The quantitative estimate of drug-likeness (QED) is 0.419. The Morgan fingerprint density at radius 1 is 1.22 bits per heavy atom. The van der Waals surface area contributed by atoms with E-state index in [1.807, 2.05) is 34.6 Å². The minimum atomic E-state index is -0.253. The van der Waals surface area contributed by atoms with Crippen LogP contribution in [-0.4, -0.2) is 55.8 Å². The number of nitrogens with two attached hydrogens (primary N) is 2. The number of aromatic nitrogens is 4. The summed E-state index contributed by atoms with van der Waals surface area (Å²) in [4.78, 5) is 40.5. The number of anilines is 3. The highest BCUT2D eigenvalue weighted by atomic mass is 16.2. The van der Waals surface area contributed by atoms with Crippen molar-refractivity contribution in [2.24, 2.45) is 0 Å². The maximum Gasteiger partial charge on any atom is 0.317 e. The van der Waals surface area contributed by atoms with Crippen LogP contribution in [-0.2, 0) is 4.79 Å². The van der Waals surface area contributed by atoms with Crippen LogP contribution in [0, 0.1) is 0 Å². The minimum Gasteiger partial charge on any atom is -0.399 e. The van der Waals surface area contributed by atoms with Crippen LogP contribution < -0.4 is 22.1 Å². The third kappa shape index (κ3) is 4.97. The molecule has 0 spiro atoms. The fraction of sp³-hybridized carbons (Fsp3) is 0.346. The fourth-order valence-corrected chi connectivity index (χ4v) is 4.99. The van der Waals surface area contributed by atoms with Gasteiger partial charge in [0.25, 0.3) is 5.91 Å². The van der Waals surface area contributed by atoms with Gasteiger partial charge in [0.1, 0.15) is 23.0 Å². The highest BCUT2D eigenvalue weighted by Gasteiger charge is 2.30. The van der Waals surface area contributed by atoms with Gasteiger partial charge in [-0.2, -0.15) is 0 Å². The number of nitrogen functional groups attached to an aromatic ring is 2. The van der Waals surface area contributed by atoms with Gasteiger partial charge in [-0.25, -0.2) is 19.7 Å². The van der Waals surface area contributed by atoms with E-state index in [1.54, 1.807) is 30.6 Å². The van der Waals surface area contributed by atoms with E-state index in [4.69, 9.17) is 16.5 Å². The number of carbonyl (C=O) groups excluding carboxylic acids is 2. The second-order valence-corrected chi connectivity index (χ2v) is 9.30. The molecule has 4 heterocycles. The summed E-state index contributed by atoms with van der Waals surface area (Å²) in [5, 5.41) is 5.67. The molecular formula is C26H31N9O2. The maximum atomic E-state index is 12.7. The van der Waals surface area contributed by atoms with Crippen molar-refractivity contribution in [1.82, 2.24) is 29.6 Å². The summed E-state index contributed by atoms with van der Waals surface area (Å²) in [5.41, 5.74) is 14.8. The predicted molar refractivity (Wildman–Crippen MR) is 142 cm³/mol. The Balaban J connectivity index is 1.38. The number of allylic oxidation sites excluding steroid dienone is 2. The summed E-state index contributed by atoms with van der Waals surface area (Å²) in [6.07, 6.45) is 13.2. The number of piperidine rings is 1. The maximum absolute atomic E-state index is 12.7. The molecule has 11 nitrogen and oxygen atoms in total. The number of pyridine rings is 1. The average molecular weight is 502 g/mol. The molecule has 2 atom stereocenters. The van der Waals surface area contributed by atoms with Gasteiger partial charge in [0.2, 0.25) is 0 Å². The van der Waals surface area contributed by atoms with Gasteiger partial charge in [-0.15, -0.1) is 0 Å². The topological polar surface area (TPSA) is 157 Å². The molecular weight excluding hydrogens is 470 g/mol. The molecule has 0 bridgehead atoms. The van der Waals surface area contributed by atoms with Crippen LogP contribution in [0.2, 0.25) is 0 Å². The number of nitrogens with zero attached hydrogens (tertiary/aromatic N) is 5. The highest BCUT2D eigenvalue weighted by Crippen LogP contribution is 2.35. The number of likely N-dealkylation sites (tertiary alicyclic amines) is 1. The molecule has 3 aromatic rings. The zero-order chi connectivity index (χ0) is 25.9. The van der Waals surface area contributed by atoms with Crippen LogP contribution in [0.5, 0.6) is 0 Å². The Hall–Kier alpha value is -4.41. The summed E-state index contributed by atoms with van der Waals surface area (Å²) >= 11 is 0. The molecule has 37 heavy (non-hydrogen) atoms. The molecule has 1 aliphatic carbocycles. The number of amides is 3. The zero-order valence-electron chi connectivity index (χ0n) is 20.7. The van der Waals surface area contributed by atoms with Gasteiger partial charge < -0.3 is 27.0 Å². The first-order valence-corrected chi connectivity index (χ1v) is 12.5. The van der Waals surface area contributed by atoms with Crippen molar-refractivity contribution >= 4 is 34.8 Å². The summed E-state index contributed by atoms with van der Waals surface area (Å²) in [6, 6.07) is 3.23. The Kier molecular flexibility index (Phi) is 6.76. The number of urea groups is 1. The largest absolute Gasteiger partial charge is 0.399 e. The first-order valence-electron chi connectivity index (χ1n) is 12.5. The lowest BCUT2D eigenvalue weighted by Crippen LogP contribution is -2.45. The Morgan fingerprint density at radius 2 is 2.08 bits per heavy atom. The van der Waals surface area contributed by atoms with Gasteiger partial charge in [-0.05, 0) is 32.3 Å². The zero-order valence-corrected chi connectivity index (χ0v) is 20.7. The monoisotopic (exact) mass is 501 g/mol. The molecule has 1 fully saturated rings. The van der Waals surface area contributed by atoms with Gasteiger partial charge in [-0.3, -0.25) is 9.20 Å². The van der Waals surface area contributed by atoms with Crippen molar-refractivity contribution < 1.29 is 9.59 Å². The smallest absolute Gasteiger partial charge is 0.317 e. The van der Waals surface area contributed by atoms with E-state index in [9.17, 15) is 9.59 Å². The highest BCUT2D eigenvalue weighted by molar-refractivity contribution is 6.05. The van der Waals surface area contributed by atoms with Crippen LogP contribution >= 0.6 is 0 Å². The van der Waals surface area contributed by atoms with Gasteiger partial charge in [-0.1, -0.05) is 18.2 Å². The van der Waals surface area contributed by atoms with Crippen LogP contribution in [0.4, 0.5) is 22.1 Å². The van der Waals surface area contributed by atoms with E-state index in [0.717, 1.165) is 36.4 Å². The van der Waals surface area contributed by atoms with Crippen molar-refractivity contribution in [1.29, 1.82) is 0 Å². The van der Waals surface area contributed by atoms with Gasteiger partial charge in [0.05, 0.1) is 5.69 Å². The molecule has 192 valence electrons. The SMILES string of the molecule is CCNC(=O)N1CCCC(c2nc(C3C=CC(C(=O)Nc4cc(N)ccn4)=CC3)c3c(N)nccn23)C1. The number of hydrogen-bond acceptors (Lipinski definition) is 7. The van der Waals surface area contributed by atoms with E-state index in [1.165, 1.54) is 0 Å².